The standard InChI is InChI=1S/C5H8O2/c1-4(6)3-5(2)7/h6H,1,3H2,2H3/p-1. The number of allylic oxidation sites excluding steroid dienone is 1. The predicted octanol–water partition coefficient (Wildman–Crippen LogP) is -0.160. The lowest BCUT2D eigenvalue weighted by Gasteiger charge is -2.02. The van der Waals surface area contributed by atoms with Gasteiger partial charge in [-0.3, -0.25) is 4.79 Å². The molecule has 0 saturated heterocycles. The molecule has 0 rings (SSSR count). The fourth-order valence-electron chi connectivity index (χ4n) is 0.278. The number of Topliss-reactive ketones (excluding diaryl/α,β-unsaturated/α-hetero) is 1. The summed E-state index contributed by atoms with van der Waals surface area (Å²) in [4.78, 5) is 9.99. The maximum atomic E-state index is 9.99. The molecule has 2 heteroatoms. The van der Waals surface area contributed by atoms with E-state index < -0.39 is 0 Å². The first-order chi connectivity index (χ1) is 3.13. The van der Waals surface area contributed by atoms with E-state index in [0.717, 1.165) is 0 Å². The summed E-state index contributed by atoms with van der Waals surface area (Å²) in [6.45, 7) is 4.38. The maximum Gasteiger partial charge on any atom is 0.132 e. The second-order valence-corrected chi connectivity index (χ2v) is 1.42. The summed E-state index contributed by atoms with van der Waals surface area (Å²) in [5.41, 5.74) is 0. The Hall–Kier alpha value is -0.790. The zero-order valence-electron chi connectivity index (χ0n) is 4.23. The second kappa shape index (κ2) is 2.39. The molecule has 0 N–H and O–H groups in total. The van der Waals surface area contributed by atoms with Gasteiger partial charge in [-0.05, 0) is 6.92 Å². The van der Waals surface area contributed by atoms with Crippen LogP contribution >= 0.6 is 0 Å². The fraction of sp³-hybridized carbons (Fsp3) is 0.400. The summed E-state index contributed by atoms with van der Waals surface area (Å²) in [6, 6.07) is 0. The normalized spacial score (nSPS) is 8.14. The monoisotopic (exact) mass is 99.0 g/mol. The molecule has 0 aromatic heterocycles. The average Bonchev–Trinajstić information content (AvgIpc) is 1.27. The van der Waals surface area contributed by atoms with Crippen LogP contribution in [0, 0.1) is 0 Å². The first-order valence-electron chi connectivity index (χ1n) is 1.97. The van der Waals surface area contributed by atoms with Gasteiger partial charge < -0.3 is 5.11 Å². The van der Waals surface area contributed by atoms with Crippen LogP contribution in [-0.4, -0.2) is 5.78 Å². The van der Waals surface area contributed by atoms with Crippen LogP contribution in [0.3, 0.4) is 0 Å². The van der Waals surface area contributed by atoms with Crippen molar-refractivity contribution in [3.8, 4) is 0 Å². The summed E-state index contributed by atoms with van der Waals surface area (Å²) in [7, 11) is 0. The molecule has 0 bridgehead atoms. The van der Waals surface area contributed by atoms with Gasteiger partial charge in [0.25, 0.3) is 0 Å². The lowest BCUT2D eigenvalue weighted by atomic mass is 10.3. The Balaban J connectivity index is 3.32. The van der Waals surface area contributed by atoms with E-state index >= 15 is 0 Å². The molecule has 0 radical (unpaired) electrons. The first kappa shape index (κ1) is 6.21. The number of hydrogen-bond acceptors (Lipinski definition) is 2. The number of hydrogen-bond donors (Lipinski definition) is 0. The highest BCUT2D eigenvalue weighted by molar-refractivity contribution is 5.77. The van der Waals surface area contributed by atoms with Crippen molar-refractivity contribution in [3.05, 3.63) is 12.3 Å². The van der Waals surface area contributed by atoms with E-state index in [1.807, 2.05) is 0 Å². The quantitative estimate of drug-likeness (QED) is 0.451. The molecule has 2 nitrogen and oxygen atoms in total. The van der Waals surface area contributed by atoms with Crippen LogP contribution in [0.15, 0.2) is 12.3 Å². The third-order valence-corrected chi connectivity index (χ3v) is 0.446. The molecule has 0 unspecified atom stereocenters. The highest BCUT2D eigenvalue weighted by Crippen LogP contribution is 1.85. The molecule has 7 heavy (non-hydrogen) atoms. The Labute approximate surface area is 42.5 Å². The van der Waals surface area contributed by atoms with E-state index in [0.29, 0.717) is 0 Å². The molecule has 0 heterocycles. The maximum absolute atomic E-state index is 9.99. The molecule has 0 spiro atoms. The van der Waals surface area contributed by atoms with Crippen molar-refractivity contribution in [2.24, 2.45) is 0 Å². The molecule has 0 amide bonds. The van der Waals surface area contributed by atoms with E-state index in [-0.39, 0.29) is 18.0 Å². The van der Waals surface area contributed by atoms with Gasteiger partial charge in [-0.2, -0.15) is 0 Å². The van der Waals surface area contributed by atoms with Crippen LogP contribution in [0.25, 0.3) is 0 Å². The van der Waals surface area contributed by atoms with E-state index in [9.17, 15) is 9.90 Å². The first-order valence-corrected chi connectivity index (χ1v) is 1.97. The van der Waals surface area contributed by atoms with Gasteiger partial charge in [0.1, 0.15) is 5.78 Å². The lowest BCUT2D eigenvalue weighted by molar-refractivity contribution is -0.304. The largest absolute Gasteiger partial charge is 0.876 e. The van der Waals surface area contributed by atoms with Crippen molar-refractivity contribution in [1.29, 1.82) is 0 Å². The van der Waals surface area contributed by atoms with Gasteiger partial charge in [-0.15, -0.1) is 12.3 Å². The summed E-state index contributed by atoms with van der Waals surface area (Å²) >= 11 is 0. The Morgan fingerprint density at radius 2 is 2.29 bits per heavy atom. The SMILES string of the molecule is C=C([O-])CC(C)=O. The van der Waals surface area contributed by atoms with Crippen molar-refractivity contribution in [2.75, 3.05) is 0 Å². The molecular weight excluding hydrogens is 92.1 g/mol. The molecule has 0 aromatic rings. The summed E-state index contributed by atoms with van der Waals surface area (Å²) in [5.74, 6) is -0.437. The summed E-state index contributed by atoms with van der Waals surface area (Å²) in [5, 5.41) is 9.92. The van der Waals surface area contributed by atoms with Gasteiger partial charge >= 0.3 is 0 Å². The number of carbonyl (C=O) groups is 1. The van der Waals surface area contributed by atoms with Crippen LogP contribution in [-0.2, 0) is 4.79 Å². The minimum Gasteiger partial charge on any atom is -0.876 e. The van der Waals surface area contributed by atoms with Crippen LogP contribution < -0.4 is 5.11 Å². The van der Waals surface area contributed by atoms with Crippen LogP contribution in [0.1, 0.15) is 13.3 Å². The third kappa shape index (κ3) is 5.21. The van der Waals surface area contributed by atoms with E-state index in [4.69, 9.17) is 0 Å². The molecular formula is C5H7O2-. The van der Waals surface area contributed by atoms with Gasteiger partial charge in [0.2, 0.25) is 0 Å². The number of carbonyl (C=O) groups excluding carboxylic acids is 1. The predicted molar refractivity (Wildman–Crippen MR) is 24.4 cm³/mol. The van der Waals surface area contributed by atoms with Crippen LogP contribution in [0.5, 0.6) is 0 Å². The number of rotatable bonds is 2. The van der Waals surface area contributed by atoms with Crippen LogP contribution in [0.4, 0.5) is 0 Å². The average molecular weight is 99.1 g/mol. The van der Waals surface area contributed by atoms with Crippen LogP contribution in [0.2, 0.25) is 0 Å². The molecule has 0 aliphatic heterocycles. The lowest BCUT2D eigenvalue weighted by Crippen LogP contribution is -2.05. The van der Waals surface area contributed by atoms with E-state index in [1.54, 1.807) is 0 Å². The second-order valence-electron chi connectivity index (χ2n) is 1.42. The fourth-order valence-corrected chi connectivity index (χ4v) is 0.278. The Morgan fingerprint density at radius 1 is 1.86 bits per heavy atom. The smallest absolute Gasteiger partial charge is 0.132 e. The third-order valence-electron chi connectivity index (χ3n) is 0.446. The number of ketones is 1. The van der Waals surface area contributed by atoms with Gasteiger partial charge in [-0.25, -0.2) is 0 Å². The van der Waals surface area contributed by atoms with E-state index in [2.05, 4.69) is 6.58 Å². The topological polar surface area (TPSA) is 40.1 Å². The highest BCUT2D eigenvalue weighted by Gasteiger charge is 1.84. The minimum absolute atomic E-state index is 0.0278. The molecule has 0 fully saturated rings. The van der Waals surface area contributed by atoms with E-state index in [1.165, 1.54) is 6.92 Å². The highest BCUT2D eigenvalue weighted by atomic mass is 16.3. The molecule has 40 valence electrons. The van der Waals surface area contributed by atoms with Gasteiger partial charge in [0.15, 0.2) is 0 Å². The molecule has 0 aliphatic carbocycles. The zero-order chi connectivity index (χ0) is 5.86. The van der Waals surface area contributed by atoms with Gasteiger partial charge in [-0.1, -0.05) is 0 Å². The van der Waals surface area contributed by atoms with Crippen molar-refractivity contribution >= 4 is 5.78 Å². The molecule has 0 aromatic carbocycles. The Kier molecular flexibility index (Phi) is 2.12. The summed E-state index contributed by atoms with van der Waals surface area (Å²) in [6.07, 6.45) is -0.0278. The molecule has 0 aliphatic rings. The molecule has 0 saturated carbocycles. The minimum atomic E-state index is -0.312. The van der Waals surface area contributed by atoms with Crippen molar-refractivity contribution in [2.45, 2.75) is 13.3 Å². The van der Waals surface area contributed by atoms with Crippen molar-refractivity contribution in [1.82, 2.24) is 0 Å². The zero-order valence-corrected chi connectivity index (χ0v) is 4.23. The van der Waals surface area contributed by atoms with Gasteiger partial charge in [0, 0.05) is 6.42 Å². The molecule has 0 atom stereocenters. The summed E-state index contributed by atoms with van der Waals surface area (Å²) < 4.78 is 0. The Morgan fingerprint density at radius 3 is 2.29 bits per heavy atom. The Bertz CT molecular complexity index is 82.3. The van der Waals surface area contributed by atoms with Gasteiger partial charge in [0.05, 0.1) is 0 Å². The van der Waals surface area contributed by atoms with Crippen molar-refractivity contribution in [3.63, 3.8) is 0 Å². The van der Waals surface area contributed by atoms with Crippen molar-refractivity contribution < 1.29 is 9.90 Å².